The minimum atomic E-state index is -0.691. The third-order valence-electron chi connectivity index (χ3n) is 3.06. The Bertz CT molecular complexity index is 507. The number of carbonyl (C=O) groups excluding carboxylic acids is 2. The summed E-state index contributed by atoms with van der Waals surface area (Å²) < 4.78 is 32.1. The number of rotatable bonds is 3. The van der Waals surface area contributed by atoms with Gasteiger partial charge in [0.1, 0.15) is 17.8 Å². The third kappa shape index (κ3) is 3.28. The standard InChI is InChI=1S/C12H13F2IN2O3/c1-6(18)16-4-8-5-17(12(19)20-8)7-2-9(13)11(15)10(14)3-7/h2,7-8H,3-5H2,1H3,(H,16,18)/t7?,8-/m0/s1. The molecular weight excluding hydrogens is 385 g/mol. The van der Waals surface area contributed by atoms with E-state index in [1.54, 1.807) is 22.6 Å². The Hall–Kier alpha value is -1.19. The highest BCUT2D eigenvalue weighted by molar-refractivity contribution is 14.1. The quantitative estimate of drug-likeness (QED) is 0.742. The number of cyclic esters (lactones) is 1. The van der Waals surface area contributed by atoms with Crippen LogP contribution in [0, 0.1) is 0 Å². The molecule has 1 unspecified atom stereocenters. The number of hydrogen-bond donors (Lipinski definition) is 1. The lowest BCUT2D eigenvalue weighted by atomic mass is 10.1. The summed E-state index contributed by atoms with van der Waals surface area (Å²) >= 11 is 1.59. The van der Waals surface area contributed by atoms with Crippen molar-refractivity contribution in [1.29, 1.82) is 0 Å². The number of amides is 2. The van der Waals surface area contributed by atoms with E-state index < -0.39 is 29.9 Å². The lowest BCUT2D eigenvalue weighted by Crippen LogP contribution is -2.38. The van der Waals surface area contributed by atoms with Gasteiger partial charge in [-0.2, -0.15) is 0 Å². The largest absolute Gasteiger partial charge is 0.442 e. The molecule has 5 nitrogen and oxygen atoms in total. The molecule has 2 atom stereocenters. The number of hydrogen-bond acceptors (Lipinski definition) is 3. The normalized spacial score (nSPS) is 26.5. The molecule has 0 bridgehead atoms. The van der Waals surface area contributed by atoms with Crippen molar-refractivity contribution in [3.63, 3.8) is 0 Å². The van der Waals surface area contributed by atoms with Crippen molar-refractivity contribution in [2.24, 2.45) is 0 Å². The Kier molecular flexibility index (Phi) is 4.61. The SMILES string of the molecule is CC(=O)NC[C@H]1CN(C2C=C(F)C(I)=C(F)C2)C(=O)O1. The first-order chi connectivity index (χ1) is 9.38. The van der Waals surface area contributed by atoms with Gasteiger partial charge in [0.2, 0.25) is 5.91 Å². The lowest BCUT2D eigenvalue weighted by molar-refractivity contribution is -0.119. The van der Waals surface area contributed by atoms with Crippen LogP contribution in [-0.4, -0.2) is 42.1 Å². The van der Waals surface area contributed by atoms with Gasteiger partial charge in [0.15, 0.2) is 0 Å². The lowest BCUT2D eigenvalue weighted by Gasteiger charge is -2.25. The van der Waals surface area contributed by atoms with E-state index in [4.69, 9.17) is 4.74 Å². The molecule has 1 aliphatic heterocycles. The van der Waals surface area contributed by atoms with Crippen LogP contribution in [0.4, 0.5) is 13.6 Å². The first-order valence-electron chi connectivity index (χ1n) is 6.02. The topological polar surface area (TPSA) is 58.6 Å². The van der Waals surface area contributed by atoms with Gasteiger partial charge in [-0.25, -0.2) is 13.6 Å². The summed E-state index contributed by atoms with van der Waals surface area (Å²) in [6.07, 6.45) is 0.0237. The molecule has 0 aromatic rings. The smallest absolute Gasteiger partial charge is 0.410 e. The third-order valence-corrected chi connectivity index (χ3v) is 4.16. The molecule has 1 N–H and O–H groups in total. The molecule has 1 saturated heterocycles. The molecular formula is C12H13F2IN2O3. The average Bonchev–Trinajstić information content (AvgIpc) is 2.74. The van der Waals surface area contributed by atoms with E-state index in [0.717, 1.165) is 0 Å². The predicted octanol–water partition coefficient (Wildman–Crippen LogP) is 2.19. The molecule has 2 aliphatic rings. The molecule has 2 amide bonds. The second kappa shape index (κ2) is 6.06. The van der Waals surface area contributed by atoms with Crippen LogP contribution in [0.5, 0.6) is 0 Å². The van der Waals surface area contributed by atoms with Crippen LogP contribution < -0.4 is 5.32 Å². The van der Waals surface area contributed by atoms with Crippen molar-refractivity contribution in [2.45, 2.75) is 25.5 Å². The molecule has 0 spiro atoms. The summed E-state index contributed by atoms with van der Waals surface area (Å²) in [5.74, 6) is -1.47. The summed E-state index contributed by atoms with van der Waals surface area (Å²) in [7, 11) is 0. The zero-order valence-electron chi connectivity index (χ0n) is 10.7. The van der Waals surface area contributed by atoms with Gasteiger partial charge in [-0.15, -0.1) is 0 Å². The van der Waals surface area contributed by atoms with Crippen molar-refractivity contribution >= 4 is 34.6 Å². The molecule has 2 rings (SSSR count). The number of carbonyl (C=O) groups is 2. The number of allylic oxidation sites excluding steroid dienone is 2. The van der Waals surface area contributed by atoms with Crippen LogP contribution in [0.15, 0.2) is 21.3 Å². The zero-order chi connectivity index (χ0) is 14.9. The fourth-order valence-electron chi connectivity index (χ4n) is 2.08. The molecule has 1 aliphatic carbocycles. The van der Waals surface area contributed by atoms with Crippen LogP contribution in [0.2, 0.25) is 0 Å². The highest BCUT2D eigenvalue weighted by Gasteiger charge is 2.37. The van der Waals surface area contributed by atoms with Gasteiger partial charge in [-0.1, -0.05) is 0 Å². The summed E-state index contributed by atoms with van der Waals surface area (Å²) in [5, 5.41) is 2.54. The summed E-state index contributed by atoms with van der Waals surface area (Å²) in [5.41, 5.74) is 0. The highest BCUT2D eigenvalue weighted by atomic mass is 127. The molecule has 0 aromatic heterocycles. The molecule has 110 valence electrons. The van der Waals surface area contributed by atoms with Crippen LogP contribution in [0.25, 0.3) is 0 Å². The predicted molar refractivity (Wildman–Crippen MR) is 75.4 cm³/mol. The molecule has 1 fully saturated rings. The first-order valence-corrected chi connectivity index (χ1v) is 7.10. The van der Waals surface area contributed by atoms with E-state index in [-0.39, 0.29) is 29.0 Å². The molecule has 8 heteroatoms. The van der Waals surface area contributed by atoms with Gasteiger partial charge in [-0.05, 0) is 28.7 Å². The first kappa shape index (κ1) is 15.2. The maximum Gasteiger partial charge on any atom is 0.410 e. The number of halogens is 3. The van der Waals surface area contributed by atoms with E-state index in [1.165, 1.54) is 17.9 Å². The van der Waals surface area contributed by atoms with Gasteiger partial charge in [0.25, 0.3) is 0 Å². The van der Waals surface area contributed by atoms with Gasteiger partial charge >= 0.3 is 6.09 Å². The van der Waals surface area contributed by atoms with Crippen LogP contribution in [0.3, 0.4) is 0 Å². The van der Waals surface area contributed by atoms with Gasteiger partial charge in [0, 0.05) is 13.3 Å². The van der Waals surface area contributed by atoms with Crippen molar-refractivity contribution in [3.05, 3.63) is 21.3 Å². The Balaban J connectivity index is 2.01. The van der Waals surface area contributed by atoms with Crippen molar-refractivity contribution in [2.75, 3.05) is 13.1 Å². The number of nitrogens with one attached hydrogen (secondary N) is 1. The number of nitrogens with zero attached hydrogens (tertiary/aromatic N) is 1. The zero-order valence-corrected chi connectivity index (χ0v) is 12.8. The van der Waals surface area contributed by atoms with E-state index >= 15 is 0 Å². The monoisotopic (exact) mass is 398 g/mol. The molecule has 20 heavy (non-hydrogen) atoms. The maximum absolute atomic E-state index is 13.6. The molecule has 0 aromatic carbocycles. The van der Waals surface area contributed by atoms with Gasteiger partial charge in [-0.3, -0.25) is 9.69 Å². The van der Waals surface area contributed by atoms with E-state index in [9.17, 15) is 18.4 Å². The Labute approximate surface area is 128 Å². The van der Waals surface area contributed by atoms with E-state index in [1.807, 2.05) is 0 Å². The maximum atomic E-state index is 13.6. The highest BCUT2D eigenvalue weighted by Crippen LogP contribution is 2.34. The van der Waals surface area contributed by atoms with Crippen molar-refractivity contribution in [3.8, 4) is 0 Å². The average molecular weight is 398 g/mol. The van der Waals surface area contributed by atoms with Crippen LogP contribution >= 0.6 is 22.6 Å². The fourth-order valence-corrected chi connectivity index (χ4v) is 2.48. The Morgan fingerprint density at radius 1 is 1.60 bits per heavy atom. The molecule has 0 saturated carbocycles. The second-order valence-corrected chi connectivity index (χ2v) is 5.68. The minimum absolute atomic E-state index is 0.0544. The fraction of sp³-hybridized carbons (Fsp3) is 0.500. The second-order valence-electron chi connectivity index (χ2n) is 4.60. The Morgan fingerprint density at radius 3 is 2.90 bits per heavy atom. The van der Waals surface area contributed by atoms with Gasteiger partial charge < -0.3 is 10.1 Å². The van der Waals surface area contributed by atoms with Crippen molar-refractivity contribution < 1.29 is 23.1 Å². The van der Waals surface area contributed by atoms with Crippen LogP contribution in [-0.2, 0) is 9.53 Å². The number of ether oxygens (including phenoxy) is 1. The van der Waals surface area contributed by atoms with E-state index in [0.29, 0.717) is 0 Å². The van der Waals surface area contributed by atoms with Gasteiger partial charge in [0.05, 0.1) is 22.7 Å². The molecule has 0 radical (unpaired) electrons. The molecule has 1 heterocycles. The summed E-state index contributed by atoms with van der Waals surface area (Å²) in [4.78, 5) is 23.8. The minimum Gasteiger partial charge on any atom is -0.442 e. The van der Waals surface area contributed by atoms with Crippen LogP contribution in [0.1, 0.15) is 13.3 Å². The summed E-state index contributed by atoms with van der Waals surface area (Å²) in [6, 6.07) is -0.691. The van der Waals surface area contributed by atoms with Crippen molar-refractivity contribution in [1.82, 2.24) is 10.2 Å². The summed E-state index contributed by atoms with van der Waals surface area (Å²) in [6.45, 7) is 1.74. The Morgan fingerprint density at radius 2 is 2.30 bits per heavy atom. The van der Waals surface area contributed by atoms with E-state index in [2.05, 4.69) is 5.32 Å².